The third-order valence-electron chi connectivity index (χ3n) is 2.60. The Balaban J connectivity index is 2.55. The Kier molecular flexibility index (Phi) is 3.01. The molecular weight excluding hydrogens is 242 g/mol. The van der Waals surface area contributed by atoms with Crippen LogP contribution in [-0.4, -0.2) is 15.7 Å². The first-order chi connectivity index (χ1) is 9.08. The maximum Gasteiger partial charge on any atom is 0.280 e. The molecule has 0 unspecified atom stereocenters. The van der Waals surface area contributed by atoms with E-state index in [-0.39, 0.29) is 17.1 Å². The van der Waals surface area contributed by atoms with Gasteiger partial charge in [0.05, 0.1) is 0 Å². The lowest BCUT2D eigenvalue weighted by Gasteiger charge is -2.03. The summed E-state index contributed by atoms with van der Waals surface area (Å²) >= 11 is 0. The van der Waals surface area contributed by atoms with Crippen LogP contribution in [0.2, 0.25) is 0 Å². The van der Waals surface area contributed by atoms with Gasteiger partial charge in [0.2, 0.25) is 0 Å². The predicted molar refractivity (Wildman–Crippen MR) is 67.0 cm³/mol. The van der Waals surface area contributed by atoms with Crippen molar-refractivity contribution in [2.45, 2.75) is 6.92 Å². The van der Waals surface area contributed by atoms with Gasteiger partial charge in [-0.3, -0.25) is 4.79 Å². The first-order valence-electron chi connectivity index (χ1n) is 5.38. The highest BCUT2D eigenvalue weighted by Gasteiger charge is 2.20. The van der Waals surface area contributed by atoms with Crippen molar-refractivity contribution >= 4 is 11.7 Å². The fourth-order valence-electron chi connectivity index (χ4n) is 1.67. The van der Waals surface area contributed by atoms with Crippen molar-refractivity contribution in [3.63, 3.8) is 0 Å². The van der Waals surface area contributed by atoms with Crippen molar-refractivity contribution < 1.29 is 4.79 Å². The number of hydrogen-bond acceptors (Lipinski definition) is 5. The van der Waals surface area contributed by atoms with E-state index in [1.807, 2.05) is 13.0 Å². The normalized spacial score (nSPS) is 9.63. The second kappa shape index (κ2) is 4.63. The molecule has 0 saturated heterocycles. The maximum atomic E-state index is 12.2. The van der Waals surface area contributed by atoms with Gasteiger partial charge in [0.25, 0.3) is 5.91 Å². The van der Waals surface area contributed by atoms with Crippen molar-refractivity contribution in [2.24, 2.45) is 0 Å². The van der Waals surface area contributed by atoms with E-state index in [0.717, 1.165) is 10.2 Å². The SMILES string of the molecule is Cc1cccc(C(=O)n2nc(C#N)c(C#N)c2N)c1. The summed E-state index contributed by atoms with van der Waals surface area (Å²) < 4.78 is 0.881. The molecule has 2 rings (SSSR count). The molecule has 2 aromatic rings. The highest BCUT2D eigenvalue weighted by molar-refractivity contribution is 5.97. The molecule has 0 bridgehead atoms. The van der Waals surface area contributed by atoms with Crippen molar-refractivity contribution in [3.05, 3.63) is 46.6 Å². The van der Waals surface area contributed by atoms with E-state index in [2.05, 4.69) is 5.10 Å². The van der Waals surface area contributed by atoms with Crippen molar-refractivity contribution in [2.75, 3.05) is 5.73 Å². The number of nitrogens with zero attached hydrogens (tertiary/aromatic N) is 4. The van der Waals surface area contributed by atoms with E-state index < -0.39 is 5.91 Å². The number of carbonyl (C=O) groups excluding carboxylic acids is 1. The average molecular weight is 251 g/mol. The van der Waals surface area contributed by atoms with Crippen LogP contribution in [0.5, 0.6) is 0 Å². The minimum absolute atomic E-state index is 0.0801. The molecule has 0 saturated carbocycles. The summed E-state index contributed by atoms with van der Waals surface area (Å²) in [6.07, 6.45) is 0. The standard InChI is InChI=1S/C13H9N5O/c1-8-3-2-4-9(5-8)13(19)18-12(16)10(6-14)11(7-15)17-18/h2-5H,16H2,1H3. The molecule has 0 aliphatic heterocycles. The fourth-order valence-corrected chi connectivity index (χ4v) is 1.67. The van der Waals surface area contributed by atoms with Crippen LogP contribution in [0, 0.1) is 29.6 Å². The Labute approximate surface area is 109 Å². The third kappa shape index (κ3) is 2.03. The monoisotopic (exact) mass is 251 g/mol. The molecule has 6 nitrogen and oxygen atoms in total. The zero-order valence-electron chi connectivity index (χ0n) is 10.1. The fraction of sp³-hybridized carbons (Fsp3) is 0.0769. The number of benzene rings is 1. The number of carbonyl (C=O) groups is 1. The van der Waals surface area contributed by atoms with Crippen LogP contribution in [0.3, 0.4) is 0 Å². The number of nitrogen functional groups attached to an aromatic ring is 1. The molecule has 0 aliphatic carbocycles. The number of nitrogens with two attached hydrogens (primary N) is 1. The topological polar surface area (TPSA) is 108 Å². The van der Waals surface area contributed by atoms with Crippen molar-refractivity contribution in [3.8, 4) is 12.1 Å². The minimum Gasteiger partial charge on any atom is -0.382 e. The zero-order valence-corrected chi connectivity index (χ0v) is 10.1. The lowest BCUT2D eigenvalue weighted by Crippen LogP contribution is -2.16. The Morgan fingerprint density at radius 3 is 2.63 bits per heavy atom. The summed E-state index contributed by atoms with van der Waals surface area (Å²) in [7, 11) is 0. The number of hydrogen-bond donors (Lipinski definition) is 1. The van der Waals surface area contributed by atoms with Gasteiger partial charge in [0.15, 0.2) is 5.69 Å². The summed E-state index contributed by atoms with van der Waals surface area (Å²) in [4.78, 5) is 12.2. The number of rotatable bonds is 1. The van der Waals surface area contributed by atoms with Crippen molar-refractivity contribution in [1.82, 2.24) is 9.78 Å². The molecule has 1 aromatic carbocycles. The maximum absolute atomic E-state index is 12.2. The number of aromatic nitrogens is 2. The van der Waals surface area contributed by atoms with Crippen LogP contribution in [0.25, 0.3) is 0 Å². The largest absolute Gasteiger partial charge is 0.382 e. The van der Waals surface area contributed by atoms with Crippen molar-refractivity contribution in [1.29, 1.82) is 10.5 Å². The van der Waals surface area contributed by atoms with E-state index in [9.17, 15) is 4.79 Å². The first kappa shape index (κ1) is 12.3. The van der Waals surface area contributed by atoms with Gasteiger partial charge in [-0.05, 0) is 19.1 Å². The second-order valence-corrected chi connectivity index (χ2v) is 3.92. The van der Waals surface area contributed by atoms with Gasteiger partial charge in [-0.15, -0.1) is 0 Å². The third-order valence-corrected chi connectivity index (χ3v) is 2.60. The molecule has 6 heteroatoms. The van der Waals surface area contributed by atoms with Gasteiger partial charge in [-0.1, -0.05) is 17.7 Å². The van der Waals surface area contributed by atoms with Gasteiger partial charge >= 0.3 is 0 Å². The molecular formula is C13H9N5O. The van der Waals surface area contributed by atoms with Crippen LogP contribution in [0.15, 0.2) is 24.3 Å². The zero-order chi connectivity index (χ0) is 14.0. The van der Waals surface area contributed by atoms with Gasteiger partial charge in [-0.2, -0.15) is 20.3 Å². The van der Waals surface area contributed by atoms with E-state index in [1.165, 1.54) is 0 Å². The van der Waals surface area contributed by atoms with Crippen LogP contribution >= 0.6 is 0 Å². The summed E-state index contributed by atoms with van der Waals surface area (Å²) in [5, 5.41) is 21.5. The summed E-state index contributed by atoms with van der Waals surface area (Å²) in [6, 6.07) is 10.4. The highest BCUT2D eigenvalue weighted by Crippen LogP contribution is 2.17. The average Bonchev–Trinajstić information content (AvgIpc) is 2.74. The van der Waals surface area contributed by atoms with Gasteiger partial charge in [0, 0.05) is 5.56 Å². The molecule has 1 aromatic heterocycles. The summed E-state index contributed by atoms with van der Waals surface area (Å²) in [6.45, 7) is 1.85. The molecule has 19 heavy (non-hydrogen) atoms. The Hall–Kier alpha value is -3.12. The molecule has 92 valence electrons. The van der Waals surface area contributed by atoms with Crippen LogP contribution in [0.4, 0.5) is 5.82 Å². The second-order valence-electron chi connectivity index (χ2n) is 3.92. The molecule has 0 atom stereocenters. The van der Waals surface area contributed by atoms with E-state index >= 15 is 0 Å². The van der Waals surface area contributed by atoms with Gasteiger partial charge in [0.1, 0.15) is 23.5 Å². The van der Waals surface area contributed by atoms with E-state index in [1.54, 1.807) is 30.3 Å². The number of aryl methyl sites for hydroxylation is 1. The minimum atomic E-state index is -0.473. The molecule has 1 heterocycles. The molecule has 0 spiro atoms. The van der Waals surface area contributed by atoms with E-state index in [0.29, 0.717) is 5.56 Å². The number of nitriles is 2. The molecule has 0 amide bonds. The van der Waals surface area contributed by atoms with E-state index in [4.69, 9.17) is 16.3 Å². The summed E-state index contributed by atoms with van der Waals surface area (Å²) in [5.74, 6) is -0.593. The lowest BCUT2D eigenvalue weighted by molar-refractivity contribution is 0.0947. The quantitative estimate of drug-likeness (QED) is 0.819. The molecule has 0 radical (unpaired) electrons. The summed E-state index contributed by atoms with van der Waals surface area (Å²) in [5.41, 5.74) is 6.75. The first-order valence-corrected chi connectivity index (χ1v) is 5.38. The van der Waals surface area contributed by atoms with Crippen LogP contribution in [0.1, 0.15) is 27.2 Å². The van der Waals surface area contributed by atoms with Gasteiger partial charge < -0.3 is 5.73 Å². The molecule has 0 fully saturated rings. The molecule has 2 N–H and O–H groups in total. The lowest BCUT2D eigenvalue weighted by atomic mass is 10.1. The molecule has 0 aliphatic rings. The smallest absolute Gasteiger partial charge is 0.280 e. The Morgan fingerprint density at radius 2 is 2.11 bits per heavy atom. The van der Waals surface area contributed by atoms with Crippen LogP contribution < -0.4 is 5.73 Å². The highest BCUT2D eigenvalue weighted by atomic mass is 16.2. The number of anilines is 1. The Bertz CT molecular complexity index is 745. The van der Waals surface area contributed by atoms with Gasteiger partial charge in [-0.25, -0.2) is 0 Å². The Morgan fingerprint density at radius 1 is 1.37 bits per heavy atom. The van der Waals surface area contributed by atoms with Crippen LogP contribution in [-0.2, 0) is 0 Å². The predicted octanol–water partition coefficient (Wildman–Crippen LogP) is 1.21.